The van der Waals surface area contributed by atoms with E-state index >= 15 is 0 Å². The maximum atomic E-state index is 9.47. The number of hydrogen-bond acceptors (Lipinski definition) is 6. The average molecular weight is 324 g/mol. The van der Waals surface area contributed by atoms with Crippen LogP contribution in [0, 0.1) is 6.92 Å². The number of aliphatic hydroxyl groups excluding tert-OH is 1. The number of fused-ring (bicyclic) bond motifs is 1. The van der Waals surface area contributed by atoms with Crippen LogP contribution < -0.4 is 11.1 Å². The van der Waals surface area contributed by atoms with Gasteiger partial charge in [0.1, 0.15) is 5.82 Å². The largest absolute Gasteiger partial charge is 0.393 e. The van der Waals surface area contributed by atoms with E-state index in [9.17, 15) is 5.11 Å². The molecule has 0 bridgehead atoms. The summed E-state index contributed by atoms with van der Waals surface area (Å²) in [5.74, 6) is 1.21. The summed E-state index contributed by atoms with van der Waals surface area (Å²) in [5, 5.41) is 21.2. The quantitative estimate of drug-likeness (QED) is 0.584. The van der Waals surface area contributed by atoms with Crippen molar-refractivity contribution < 1.29 is 5.11 Å². The number of anilines is 2. The Hall–Kier alpha value is -2.67. The van der Waals surface area contributed by atoms with Crippen LogP contribution in [0.25, 0.3) is 10.9 Å². The summed E-state index contributed by atoms with van der Waals surface area (Å²) in [7, 11) is 0. The van der Waals surface area contributed by atoms with E-state index in [0.717, 1.165) is 35.1 Å². The Balaban J connectivity index is 1.53. The summed E-state index contributed by atoms with van der Waals surface area (Å²) in [5.41, 5.74) is 9.87. The summed E-state index contributed by atoms with van der Waals surface area (Å²) in [6.07, 6.45) is 1.25. The van der Waals surface area contributed by atoms with Crippen molar-refractivity contribution in [1.82, 2.24) is 20.2 Å². The molecule has 7 heteroatoms. The first-order chi connectivity index (χ1) is 11.6. The molecule has 0 amide bonds. The number of H-pyrrole nitrogens is 1. The van der Waals surface area contributed by atoms with Gasteiger partial charge in [0.2, 0.25) is 5.95 Å². The Bertz CT molecular complexity index is 884. The zero-order valence-electron chi connectivity index (χ0n) is 13.5. The molecule has 0 aliphatic heterocycles. The Labute approximate surface area is 139 Å². The minimum absolute atomic E-state index is 0.220. The lowest BCUT2D eigenvalue weighted by Gasteiger charge is -2.30. The normalized spacial score (nSPS) is 20.1. The molecule has 0 spiro atoms. The number of aliphatic hydroxyl groups is 1. The van der Waals surface area contributed by atoms with E-state index in [0.29, 0.717) is 12.4 Å². The highest BCUT2D eigenvalue weighted by Gasteiger charge is 2.30. The average Bonchev–Trinajstić information content (AvgIpc) is 2.91. The molecule has 1 fully saturated rings. The molecule has 0 radical (unpaired) electrons. The number of aromatic nitrogens is 4. The molecule has 1 aromatic carbocycles. The van der Waals surface area contributed by atoms with Gasteiger partial charge in [-0.1, -0.05) is 11.6 Å². The molecule has 0 saturated heterocycles. The maximum Gasteiger partial charge on any atom is 0.222 e. The molecule has 24 heavy (non-hydrogen) atoms. The lowest BCUT2D eigenvalue weighted by atomic mass is 9.80. The van der Waals surface area contributed by atoms with Gasteiger partial charge < -0.3 is 16.2 Å². The number of nitrogens with two attached hydrogens (primary N) is 1. The Kier molecular flexibility index (Phi) is 3.57. The molecule has 5 N–H and O–H groups in total. The van der Waals surface area contributed by atoms with E-state index in [1.54, 1.807) is 0 Å². The smallest absolute Gasteiger partial charge is 0.222 e. The molecule has 0 unspecified atom stereocenters. The lowest BCUT2D eigenvalue weighted by Crippen LogP contribution is -2.27. The third kappa shape index (κ3) is 2.78. The van der Waals surface area contributed by atoms with Crippen molar-refractivity contribution in [2.24, 2.45) is 0 Å². The summed E-state index contributed by atoms with van der Waals surface area (Å²) < 4.78 is 0. The third-order valence-electron chi connectivity index (χ3n) is 4.53. The summed E-state index contributed by atoms with van der Waals surface area (Å²) >= 11 is 0. The number of hydrogen-bond donors (Lipinski definition) is 4. The highest BCUT2D eigenvalue weighted by Crippen LogP contribution is 2.36. The topological polar surface area (TPSA) is 113 Å². The van der Waals surface area contributed by atoms with Crippen molar-refractivity contribution >= 4 is 22.7 Å². The number of benzene rings is 1. The fourth-order valence-corrected chi connectivity index (χ4v) is 3.11. The first-order valence-electron chi connectivity index (χ1n) is 8.08. The predicted molar refractivity (Wildman–Crippen MR) is 92.6 cm³/mol. The van der Waals surface area contributed by atoms with Gasteiger partial charge in [0.15, 0.2) is 0 Å². The number of aryl methyl sites for hydroxylation is 1. The highest BCUT2D eigenvalue weighted by atomic mass is 16.3. The molecular formula is C17H20N6O. The van der Waals surface area contributed by atoms with Crippen LogP contribution in [0.3, 0.4) is 0 Å². The van der Waals surface area contributed by atoms with E-state index in [1.807, 2.05) is 18.2 Å². The molecular weight excluding hydrogens is 304 g/mol. The number of nitrogens with zero attached hydrogens (tertiary/aromatic N) is 3. The fraction of sp³-hybridized carbons (Fsp3) is 0.353. The van der Waals surface area contributed by atoms with Gasteiger partial charge in [-0.05, 0) is 31.9 Å². The van der Waals surface area contributed by atoms with Gasteiger partial charge in [-0.15, -0.1) is 0 Å². The fourth-order valence-electron chi connectivity index (χ4n) is 3.11. The van der Waals surface area contributed by atoms with Gasteiger partial charge in [-0.3, -0.25) is 5.10 Å². The second-order valence-corrected chi connectivity index (χ2v) is 6.43. The van der Waals surface area contributed by atoms with Crippen molar-refractivity contribution in [3.05, 3.63) is 41.2 Å². The van der Waals surface area contributed by atoms with E-state index < -0.39 is 0 Å². The molecule has 2 heterocycles. The second kappa shape index (κ2) is 5.76. The molecule has 124 valence electrons. The van der Waals surface area contributed by atoms with Crippen LogP contribution in [0.1, 0.15) is 35.7 Å². The highest BCUT2D eigenvalue weighted by molar-refractivity contribution is 5.82. The molecule has 1 saturated carbocycles. The van der Waals surface area contributed by atoms with Crippen molar-refractivity contribution in [1.29, 1.82) is 0 Å². The maximum absolute atomic E-state index is 9.47. The van der Waals surface area contributed by atoms with Gasteiger partial charge >= 0.3 is 0 Å². The summed E-state index contributed by atoms with van der Waals surface area (Å²) in [6.45, 7) is 2.64. The minimum atomic E-state index is -0.220. The van der Waals surface area contributed by atoms with Crippen molar-refractivity contribution in [2.45, 2.75) is 38.3 Å². The Morgan fingerprint density at radius 1 is 1.29 bits per heavy atom. The van der Waals surface area contributed by atoms with E-state index in [-0.39, 0.29) is 18.0 Å². The van der Waals surface area contributed by atoms with Gasteiger partial charge in [-0.2, -0.15) is 10.1 Å². The van der Waals surface area contributed by atoms with Gasteiger partial charge in [-0.25, -0.2) is 4.98 Å². The zero-order valence-corrected chi connectivity index (χ0v) is 13.5. The minimum Gasteiger partial charge on any atom is -0.393 e. The Morgan fingerprint density at radius 3 is 2.92 bits per heavy atom. The van der Waals surface area contributed by atoms with Crippen molar-refractivity contribution in [2.75, 3.05) is 11.1 Å². The summed E-state index contributed by atoms with van der Waals surface area (Å²) in [6, 6.07) is 8.08. The Morgan fingerprint density at radius 2 is 2.12 bits per heavy atom. The monoisotopic (exact) mass is 324 g/mol. The zero-order chi connectivity index (χ0) is 16.7. The molecule has 1 aliphatic rings. The molecule has 7 nitrogen and oxygen atoms in total. The molecule has 2 aromatic heterocycles. The van der Waals surface area contributed by atoms with E-state index in [2.05, 4.69) is 38.5 Å². The number of rotatable bonds is 4. The van der Waals surface area contributed by atoms with Gasteiger partial charge in [0, 0.05) is 17.4 Å². The summed E-state index contributed by atoms with van der Waals surface area (Å²) in [4.78, 5) is 8.54. The van der Waals surface area contributed by atoms with Crippen LogP contribution in [0.5, 0.6) is 0 Å². The van der Waals surface area contributed by atoms with Crippen LogP contribution in [-0.4, -0.2) is 31.4 Å². The van der Waals surface area contributed by atoms with Gasteiger partial charge in [0.05, 0.1) is 29.6 Å². The van der Waals surface area contributed by atoms with Crippen LogP contribution in [-0.2, 0) is 6.54 Å². The van der Waals surface area contributed by atoms with E-state index in [4.69, 9.17) is 5.73 Å². The third-order valence-corrected chi connectivity index (χ3v) is 4.53. The van der Waals surface area contributed by atoms with Crippen molar-refractivity contribution in [3.63, 3.8) is 0 Å². The van der Waals surface area contributed by atoms with Gasteiger partial charge in [0.25, 0.3) is 0 Å². The molecule has 4 rings (SSSR count). The number of nitrogens with one attached hydrogen (secondary N) is 2. The first kappa shape index (κ1) is 14.9. The number of aromatic amines is 1. The lowest BCUT2D eigenvalue weighted by molar-refractivity contribution is 0.0732. The molecule has 3 aromatic rings. The van der Waals surface area contributed by atoms with Crippen LogP contribution >= 0.6 is 0 Å². The van der Waals surface area contributed by atoms with Crippen LogP contribution in [0.15, 0.2) is 24.3 Å². The molecule has 1 aliphatic carbocycles. The SMILES string of the molecule is Cc1ccc2n[nH]c(CNc3cc(C4CC(O)C4)nc(N)n3)c2c1. The second-order valence-electron chi connectivity index (χ2n) is 6.43. The standard InChI is InChI=1S/C17H20N6O/c1-9-2-3-13-12(4-9)15(23-22-13)8-19-16-7-14(20-17(18)21-16)10-5-11(24)6-10/h2-4,7,10-11,24H,5-6,8H2,1H3,(H,22,23)(H3,18,19,20,21). The molecule has 0 atom stereocenters. The van der Waals surface area contributed by atoms with Crippen molar-refractivity contribution in [3.8, 4) is 0 Å². The van der Waals surface area contributed by atoms with E-state index in [1.165, 1.54) is 5.56 Å². The van der Waals surface area contributed by atoms with Crippen LogP contribution in [0.4, 0.5) is 11.8 Å². The van der Waals surface area contributed by atoms with Crippen LogP contribution in [0.2, 0.25) is 0 Å². The first-order valence-corrected chi connectivity index (χ1v) is 8.08. The predicted octanol–water partition coefficient (Wildman–Crippen LogP) is 2.09. The number of nitrogen functional groups attached to an aromatic ring is 1.